The van der Waals surface area contributed by atoms with Crippen LogP contribution < -0.4 is 0 Å². The molecule has 0 saturated carbocycles. The van der Waals surface area contributed by atoms with Gasteiger partial charge < -0.3 is 4.57 Å². The van der Waals surface area contributed by atoms with E-state index in [4.69, 9.17) is 0 Å². The van der Waals surface area contributed by atoms with Crippen molar-refractivity contribution >= 4 is 10.9 Å². The van der Waals surface area contributed by atoms with Gasteiger partial charge in [-0.1, -0.05) is 47.6 Å². The molecule has 0 bridgehead atoms. The SMILES string of the molecule is Cc1cc(C(C)(C)C(C)C)c2c(C(C)C)cn(C)c2c1. The van der Waals surface area contributed by atoms with Gasteiger partial charge in [-0.2, -0.15) is 0 Å². The van der Waals surface area contributed by atoms with Crippen LogP contribution in [0.4, 0.5) is 0 Å². The first-order valence-corrected chi connectivity index (χ1v) is 7.76. The molecule has 0 amide bonds. The monoisotopic (exact) mass is 271 g/mol. The molecule has 1 aromatic carbocycles. The van der Waals surface area contributed by atoms with E-state index in [1.54, 1.807) is 0 Å². The number of benzene rings is 1. The molecule has 0 unspecified atom stereocenters. The Morgan fingerprint density at radius 2 is 1.65 bits per heavy atom. The van der Waals surface area contributed by atoms with Gasteiger partial charge in [-0.25, -0.2) is 0 Å². The summed E-state index contributed by atoms with van der Waals surface area (Å²) in [5.41, 5.74) is 5.91. The number of rotatable bonds is 3. The summed E-state index contributed by atoms with van der Waals surface area (Å²) in [6.45, 7) is 16.2. The Kier molecular flexibility index (Phi) is 3.75. The zero-order chi connectivity index (χ0) is 15.2. The predicted octanol–water partition coefficient (Wildman–Crippen LogP) is 5.54. The molecule has 1 aromatic heterocycles. The number of aromatic nitrogens is 1. The zero-order valence-electron chi connectivity index (χ0n) is 14.3. The van der Waals surface area contributed by atoms with Crippen LogP contribution in [-0.4, -0.2) is 4.57 Å². The summed E-state index contributed by atoms with van der Waals surface area (Å²) in [6.07, 6.45) is 2.31. The van der Waals surface area contributed by atoms with E-state index in [0.717, 1.165) is 0 Å². The second-order valence-corrected chi connectivity index (χ2v) is 7.43. The standard InChI is InChI=1S/C19H29N/c1-12(2)15-11-20(8)17-10-14(5)9-16(18(15)17)19(6,7)13(3)4/h9-13H,1-8H3. The van der Waals surface area contributed by atoms with Crippen molar-refractivity contribution in [2.75, 3.05) is 0 Å². The summed E-state index contributed by atoms with van der Waals surface area (Å²) in [7, 11) is 2.17. The van der Waals surface area contributed by atoms with Gasteiger partial charge >= 0.3 is 0 Å². The molecular formula is C19H29N. The number of nitrogens with zero attached hydrogens (tertiary/aromatic N) is 1. The van der Waals surface area contributed by atoms with Gasteiger partial charge in [0, 0.05) is 24.1 Å². The van der Waals surface area contributed by atoms with Crippen molar-refractivity contribution in [3.8, 4) is 0 Å². The van der Waals surface area contributed by atoms with Crippen molar-refractivity contribution < 1.29 is 0 Å². The van der Waals surface area contributed by atoms with Crippen LogP contribution in [0, 0.1) is 12.8 Å². The molecular weight excluding hydrogens is 242 g/mol. The average molecular weight is 271 g/mol. The van der Waals surface area contributed by atoms with Crippen LogP contribution in [0.5, 0.6) is 0 Å². The van der Waals surface area contributed by atoms with E-state index in [1.807, 2.05) is 0 Å². The van der Waals surface area contributed by atoms with Crippen LogP contribution in [-0.2, 0) is 12.5 Å². The predicted molar refractivity (Wildman–Crippen MR) is 89.6 cm³/mol. The van der Waals surface area contributed by atoms with Gasteiger partial charge in [0.2, 0.25) is 0 Å². The summed E-state index contributed by atoms with van der Waals surface area (Å²) in [5, 5.41) is 1.48. The molecule has 0 N–H and O–H groups in total. The molecule has 0 saturated heterocycles. The average Bonchev–Trinajstić information content (AvgIpc) is 2.66. The lowest BCUT2D eigenvalue weighted by Gasteiger charge is -2.31. The first-order chi connectivity index (χ1) is 9.16. The van der Waals surface area contributed by atoms with Gasteiger partial charge in [-0.3, -0.25) is 0 Å². The van der Waals surface area contributed by atoms with Gasteiger partial charge in [0.15, 0.2) is 0 Å². The van der Waals surface area contributed by atoms with Gasteiger partial charge in [0.1, 0.15) is 0 Å². The van der Waals surface area contributed by atoms with Crippen molar-refractivity contribution in [3.63, 3.8) is 0 Å². The lowest BCUT2D eigenvalue weighted by Crippen LogP contribution is -2.25. The first-order valence-electron chi connectivity index (χ1n) is 7.76. The first kappa shape index (κ1) is 15.2. The molecule has 0 aliphatic heterocycles. The lowest BCUT2D eigenvalue weighted by atomic mass is 9.73. The number of aryl methyl sites for hydroxylation is 2. The molecule has 0 spiro atoms. The van der Waals surface area contributed by atoms with Gasteiger partial charge in [-0.05, 0) is 46.9 Å². The van der Waals surface area contributed by atoms with E-state index < -0.39 is 0 Å². The molecule has 1 heterocycles. The van der Waals surface area contributed by atoms with E-state index >= 15 is 0 Å². The van der Waals surface area contributed by atoms with Crippen LogP contribution in [0.15, 0.2) is 18.3 Å². The largest absolute Gasteiger partial charge is 0.350 e. The highest BCUT2D eigenvalue weighted by atomic mass is 14.9. The minimum Gasteiger partial charge on any atom is -0.350 e. The number of fused-ring (bicyclic) bond motifs is 1. The molecule has 0 aliphatic rings. The van der Waals surface area contributed by atoms with Gasteiger partial charge in [-0.15, -0.1) is 0 Å². The van der Waals surface area contributed by atoms with Crippen LogP contribution >= 0.6 is 0 Å². The van der Waals surface area contributed by atoms with E-state index in [1.165, 1.54) is 27.6 Å². The van der Waals surface area contributed by atoms with E-state index in [9.17, 15) is 0 Å². The van der Waals surface area contributed by atoms with Crippen LogP contribution in [0.25, 0.3) is 10.9 Å². The molecule has 0 aliphatic carbocycles. The minimum atomic E-state index is 0.190. The Balaban J connectivity index is 2.89. The molecule has 2 aromatic rings. The quantitative estimate of drug-likeness (QED) is 0.690. The van der Waals surface area contributed by atoms with Crippen molar-refractivity contribution in [2.24, 2.45) is 13.0 Å². The third kappa shape index (κ3) is 2.28. The third-order valence-electron chi connectivity index (χ3n) is 5.02. The molecule has 20 heavy (non-hydrogen) atoms. The second-order valence-electron chi connectivity index (χ2n) is 7.43. The normalized spacial score (nSPS) is 12.9. The van der Waals surface area contributed by atoms with E-state index in [0.29, 0.717) is 11.8 Å². The molecule has 0 atom stereocenters. The summed E-state index contributed by atoms with van der Waals surface area (Å²) in [4.78, 5) is 0. The summed E-state index contributed by atoms with van der Waals surface area (Å²) >= 11 is 0. The fourth-order valence-electron chi connectivity index (χ4n) is 2.95. The summed E-state index contributed by atoms with van der Waals surface area (Å²) in [5.74, 6) is 1.18. The fraction of sp³-hybridized carbons (Fsp3) is 0.579. The van der Waals surface area contributed by atoms with Crippen molar-refractivity contribution in [2.45, 2.75) is 59.8 Å². The van der Waals surface area contributed by atoms with E-state index in [-0.39, 0.29) is 5.41 Å². The topological polar surface area (TPSA) is 4.93 Å². The van der Waals surface area contributed by atoms with Crippen LogP contribution in [0.2, 0.25) is 0 Å². The highest BCUT2D eigenvalue weighted by Crippen LogP contribution is 2.40. The highest BCUT2D eigenvalue weighted by molar-refractivity contribution is 5.89. The molecule has 1 heteroatoms. The molecule has 0 fully saturated rings. The Bertz CT molecular complexity index is 627. The van der Waals surface area contributed by atoms with Crippen molar-refractivity contribution in [1.82, 2.24) is 4.57 Å². The number of hydrogen-bond acceptors (Lipinski definition) is 0. The van der Waals surface area contributed by atoms with E-state index in [2.05, 4.69) is 78.4 Å². The van der Waals surface area contributed by atoms with Crippen molar-refractivity contribution in [1.29, 1.82) is 0 Å². The molecule has 0 radical (unpaired) electrons. The Hall–Kier alpha value is -1.24. The highest BCUT2D eigenvalue weighted by Gasteiger charge is 2.29. The maximum atomic E-state index is 2.40. The second kappa shape index (κ2) is 4.95. The van der Waals surface area contributed by atoms with Crippen LogP contribution in [0.1, 0.15) is 64.2 Å². The summed E-state index contributed by atoms with van der Waals surface area (Å²) < 4.78 is 2.29. The third-order valence-corrected chi connectivity index (χ3v) is 5.02. The summed E-state index contributed by atoms with van der Waals surface area (Å²) in [6, 6.07) is 4.72. The smallest absolute Gasteiger partial charge is 0.0486 e. The molecule has 2 rings (SSSR count). The van der Waals surface area contributed by atoms with Gasteiger partial charge in [0.05, 0.1) is 0 Å². The Morgan fingerprint density at radius 3 is 2.15 bits per heavy atom. The zero-order valence-corrected chi connectivity index (χ0v) is 14.3. The van der Waals surface area contributed by atoms with Crippen LogP contribution in [0.3, 0.4) is 0 Å². The molecule has 1 nitrogen and oxygen atoms in total. The fourth-order valence-corrected chi connectivity index (χ4v) is 2.95. The maximum absolute atomic E-state index is 2.40. The number of hydrogen-bond donors (Lipinski definition) is 0. The lowest BCUT2D eigenvalue weighted by molar-refractivity contribution is 0.375. The Morgan fingerprint density at radius 1 is 1.05 bits per heavy atom. The molecule has 110 valence electrons. The van der Waals surface area contributed by atoms with Crippen molar-refractivity contribution in [3.05, 3.63) is 35.0 Å². The Labute approximate surface area is 124 Å². The minimum absolute atomic E-state index is 0.190. The van der Waals surface area contributed by atoms with Gasteiger partial charge in [0.25, 0.3) is 0 Å². The maximum Gasteiger partial charge on any atom is 0.0486 e.